The lowest BCUT2D eigenvalue weighted by atomic mass is 9.80. The van der Waals surface area contributed by atoms with Crippen LogP contribution in [0, 0.1) is 23.7 Å². The van der Waals surface area contributed by atoms with E-state index in [4.69, 9.17) is 0 Å². The third-order valence-electron chi connectivity index (χ3n) is 3.31. The van der Waals surface area contributed by atoms with Crippen LogP contribution in [0.4, 0.5) is 13.2 Å². The van der Waals surface area contributed by atoms with E-state index in [-0.39, 0.29) is 11.7 Å². The molecule has 0 N–H and O–H groups in total. The van der Waals surface area contributed by atoms with Crippen molar-refractivity contribution >= 4 is 5.78 Å². The van der Waals surface area contributed by atoms with Crippen LogP contribution in [0.1, 0.15) is 13.3 Å². The third kappa shape index (κ3) is 1.28. The molecule has 0 amide bonds. The number of hydrogen-bond acceptors (Lipinski definition) is 1. The van der Waals surface area contributed by atoms with Crippen LogP contribution in [0.25, 0.3) is 0 Å². The SMILES string of the molecule is CC(=O)[C@@H]1[C@@H](C(F)(F)F)[C@H]2C=C[C@H]1C2. The minimum atomic E-state index is -4.24. The predicted octanol–water partition coefficient (Wildman–Crippen LogP) is 2.58. The smallest absolute Gasteiger partial charge is 0.300 e. The van der Waals surface area contributed by atoms with Gasteiger partial charge in [0.05, 0.1) is 5.92 Å². The van der Waals surface area contributed by atoms with Gasteiger partial charge in [0.25, 0.3) is 0 Å². The van der Waals surface area contributed by atoms with Gasteiger partial charge in [0.2, 0.25) is 0 Å². The molecule has 0 aromatic carbocycles. The molecule has 78 valence electrons. The van der Waals surface area contributed by atoms with Crippen molar-refractivity contribution in [2.24, 2.45) is 23.7 Å². The Balaban J connectivity index is 2.31. The van der Waals surface area contributed by atoms with Gasteiger partial charge in [-0.05, 0) is 25.2 Å². The lowest BCUT2D eigenvalue weighted by Crippen LogP contribution is -2.36. The van der Waals surface area contributed by atoms with Crippen LogP contribution in [-0.2, 0) is 4.79 Å². The molecule has 0 saturated heterocycles. The maximum absolute atomic E-state index is 12.6. The Morgan fingerprint density at radius 2 is 1.86 bits per heavy atom. The summed E-state index contributed by atoms with van der Waals surface area (Å²) in [5.74, 6) is -3.23. The van der Waals surface area contributed by atoms with Gasteiger partial charge in [-0.3, -0.25) is 4.79 Å². The minimum absolute atomic E-state index is 0.177. The maximum atomic E-state index is 12.6. The van der Waals surface area contributed by atoms with Crippen LogP contribution in [0.15, 0.2) is 12.2 Å². The minimum Gasteiger partial charge on any atom is -0.300 e. The Hall–Kier alpha value is -0.800. The van der Waals surface area contributed by atoms with Crippen molar-refractivity contribution in [1.29, 1.82) is 0 Å². The number of fused-ring (bicyclic) bond motifs is 2. The zero-order chi connectivity index (χ0) is 10.5. The van der Waals surface area contributed by atoms with Crippen molar-refractivity contribution in [1.82, 2.24) is 0 Å². The van der Waals surface area contributed by atoms with Crippen molar-refractivity contribution in [3.05, 3.63) is 12.2 Å². The molecule has 4 heteroatoms. The number of carbonyl (C=O) groups excluding carboxylic acids is 1. The first kappa shape index (κ1) is 9.74. The van der Waals surface area contributed by atoms with Crippen molar-refractivity contribution in [2.45, 2.75) is 19.5 Å². The number of halogens is 3. The highest BCUT2D eigenvalue weighted by Crippen LogP contribution is 2.54. The average Bonchev–Trinajstić information content (AvgIpc) is 2.58. The van der Waals surface area contributed by atoms with Crippen molar-refractivity contribution in [2.75, 3.05) is 0 Å². The standard InChI is InChI=1S/C10H11F3O/c1-5(14)8-6-2-3-7(4-6)9(8)10(11,12)13/h2-3,6-9H,4H2,1H3/t6-,7-,8-,9-/m0/s1. The Kier molecular flexibility index (Phi) is 1.98. The second kappa shape index (κ2) is 2.84. The van der Waals surface area contributed by atoms with E-state index in [0.717, 1.165) is 0 Å². The largest absolute Gasteiger partial charge is 0.393 e. The van der Waals surface area contributed by atoms with E-state index in [1.54, 1.807) is 12.2 Å². The molecule has 4 atom stereocenters. The number of hydrogen-bond donors (Lipinski definition) is 0. The summed E-state index contributed by atoms with van der Waals surface area (Å²) in [6.07, 6.45) is -0.365. The van der Waals surface area contributed by atoms with Crippen LogP contribution in [0.5, 0.6) is 0 Å². The van der Waals surface area contributed by atoms with Crippen LogP contribution in [-0.4, -0.2) is 12.0 Å². The van der Waals surface area contributed by atoms with Gasteiger partial charge in [-0.15, -0.1) is 0 Å². The molecule has 1 fully saturated rings. The zero-order valence-corrected chi connectivity index (χ0v) is 7.71. The summed E-state index contributed by atoms with van der Waals surface area (Å²) in [5, 5.41) is 0. The Morgan fingerprint density at radius 3 is 2.29 bits per heavy atom. The summed E-state index contributed by atoms with van der Waals surface area (Å²) in [6.45, 7) is 1.26. The first-order valence-electron chi connectivity index (χ1n) is 4.66. The molecule has 1 nitrogen and oxygen atoms in total. The van der Waals surface area contributed by atoms with Gasteiger partial charge in [-0.2, -0.15) is 13.2 Å². The Morgan fingerprint density at radius 1 is 1.29 bits per heavy atom. The Labute approximate surface area is 80.0 Å². The summed E-state index contributed by atoms with van der Waals surface area (Å²) < 4.78 is 37.9. The molecule has 0 aliphatic heterocycles. The molecule has 2 rings (SSSR count). The van der Waals surface area contributed by atoms with Crippen molar-refractivity contribution < 1.29 is 18.0 Å². The fraction of sp³-hybridized carbons (Fsp3) is 0.700. The molecule has 0 unspecified atom stereocenters. The molecule has 0 aromatic rings. The lowest BCUT2D eigenvalue weighted by Gasteiger charge is -2.27. The molecular formula is C10H11F3O. The normalized spacial score (nSPS) is 40.6. The van der Waals surface area contributed by atoms with Gasteiger partial charge in [0.1, 0.15) is 5.78 Å². The van der Waals surface area contributed by atoms with Crippen LogP contribution >= 0.6 is 0 Å². The average molecular weight is 204 g/mol. The van der Waals surface area contributed by atoms with Crippen LogP contribution in [0.3, 0.4) is 0 Å². The third-order valence-corrected chi connectivity index (χ3v) is 3.31. The highest BCUT2D eigenvalue weighted by Gasteiger charge is 2.58. The van der Waals surface area contributed by atoms with E-state index in [9.17, 15) is 18.0 Å². The number of Topliss-reactive ketones (excluding diaryl/α,β-unsaturated/α-hetero) is 1. The quantitative estimate of drug-likeness (QED) is 0.600. The van der Waals surface area contributed by atoms with Crippen molar-refractivity contribution in [3.8, 4) is 0 Å². The Bertz CT molecular complexity index is 292. The second-order valence-electron chi connectivity index (χ2n) is 4.15. The molecule has 0 aromatic heterocycles. The molecule has 0 radical (unpaired) electrons. The van der Waals surface area contributed by atoms with Gasteiger partial charge in [0, 0.05) is 5.92 Å². The van der Waals surface area contributed by atoms with E-state index in [1.807, 2.05) is 0 Å². The van der Waals surface area contributed by atoms with Crippen LogP contribution in [0.2, 0.25) is 0 Å². The number of allylic oxidation sites excluding steroid dienone is 2. The molecule has 0 spiro atoms. The van der Waals surface area contributed by atoms with Gasteiger partial charge in [-0.1, -0.05) is 12.2 Å². The monoisotopic (exact) mass is 204 g/mol. The number of alkyl halides is 3. The summed E-state index contributed by atoms with van der Waals surface area (Å²) >= 11 is 0. The highest BCUT2D eigenvalue weighted by atomic mass is 19.4. The summed E-state index contributed by atoms with van der Waals surface area (Å²) in [6, 6.07) is 0. The van der Waals surface area contributed by atoms with Gasteiger partial charge in [-0.25, -0.2) is 0 Å². The first-order valence-corrected chi connectivity index (χ1v) is 4.66. The molecule has 0 heterocycles. The van der Waals surface area contributed by atoms with Gasteiger partial charge >= 0.3 is 6.18 Å². The fourth-order valence-corrected chi connectivity index (χ4v) is 2.82. The lowest BCUT2D eigenvalue weighted by molar-refractivity contribution is -0.194. The van der Waals surface area contributed by atoms with Gasteiger partial charge < -0.3 is 0 Å². The fourth-order valence-electron chi connectivity index (χ4n) is 2.82. The molecule has 14 heavy (non-hydrogen) atoms. The molecule has 2 aliphatic rings. The zero-order valence-electron chi connectivity index (χ0n) is 7.71. The van der Waals surface area contributed by atoms with E-state index in [1.165, 1.54) is 6.92 Å². The number of rotatable bonds is 1. The number of carbonyl (C=O) groups is 1. The summed E-state index contributed by atoms with van der Waals surface area (Å²) in [4.78, 5) is 11.2. The topological polar surface area (TPSA) is 17.1 Å². The molecule has 2 bridgehead atoms. The van der Waals surface area contributed by atoms with E-state index in [0.29, 0.717) is 6.42 Å². The molecular weight excluding hydrogens is 193 g/mol. The van der Waals surface area contributed by atoms with Gasteiger partial charge in [0.15, 0.2) is 0 Å². The van der Waals surface area contributed by atoms with E-state index in [2.05, 4.69) is 0 Å². The van der Waals surface area contributed by atoms with Crippen LogP contribution < -0.4 is 0 Å². The summed E-state index contributed by atoms with van der Waals surface area (Å²) in [5.41, 5.74) is 0. The van der Waals surface area contributed by atoms with Crippen molar-refractivity contribution in [3.63, 3.8) is 0 Å². The van der Waals surface area contributed by atoms with E-state index < -0.39 is 23.9 Å². The summed E-state index contributed by atoms with van der Waals surface area (Å²) in [7, 11) is 0. The van der Waals surface area contributed by atoms with E-state index >= 15 is 0 Å². The predicted molar refractivity (Wildman–Crippen MR) is 44.5 cm³/mol. The second-order valence-corrected chi connectivity index (χ2v) is 4.15. The maximum Gasteiger partial charge on any atom is 0.393 e. The molecule has 1 saturated carbocycles. The first-order chi connectivity index (χ1) is 6.41. The highest BCUT2D eigenvalue weighted by molar-refractivity contribution is 5.80. The molecule has 2 aliphatic carbocycles. The number of ketones is 1.